The van der Waals surface area contributed by atoms with E-state index in [0.29, 0.717) is 38.5 Å². The molecule has 0 radical (unpaired) electrons. The first kappa shape index (κ1) is 24.7. The standard InChI is InChI=1S/C29H24ClN3O3/c1-18-7-13-23(26(15-18)28(34)33-22-11-8-20(9-12-22)27(31)32)25-16-21(30)10-14-24(25)29(35)36-17-19-5-3-2-4-6-19/h2-16H,17H2,1H3,(H3,31,32)(H,33,34). The lowest BCUT2D eigenvalue weighted by Crippen LogP contribution is -2.15. The molecular formula is C29H24ClN3O3. The summed E-state index contributed by atoms with van der Waals surface area (Å²) in [4.78, 5) is 26.4. The van der Waals surface area contributed by atoms with Crippen molar-refractivity contribution in [3.05, 3.63) is 124 Å². The van der Waals surface area contributed by atoms with Crippen molar-refractivity contribution in [2.24, 2.45) is 5.73 Å². The summed E-state index contributed by atoms with van der Waals surface area (Å²) in [7, 11) is 0. The van der Waals surface area contributed by atoms with E-state index in [1.54, 1.807) is 54.6 Å². The van der Waals surface area contributed by atoms with E-state index in [2.05, 4.69) is 5.32 Å². The van der Waals surface area contributed by atoms with Crippen molar-refractivity contribution in [3.8, 4) is 11.1 Å². The fraction of sp³-hybridized carbons (Fsp3) is 0.0690. The van der Waals surface area contributed by atoms with Crippen LogP contribution in [0.2, 0.25) is 5.02 Å². The van der Waals surface area contributed by atoms with Crippen LogP contribution >= 0.6 is 11.6 Å². The fourth-order valence-electron chi connectivity index (χ4n) is 3.73. The fourth-order valence-corrected chi connectivity index (χ4v) is 3.90. The second-order valence-corrected chi connectivity index (χ2v) is 8.68. The van der Waals surface area contributed by atoms with Crippen LogP contribution in [0.4, 0.5) is 5.69 Å². The van der Waals surface area contributed by atoms with Crippen LogP contribution in [-0.2, 0) is 11.3 Å². The van der Waals surface area contributed by atoms with Gasteiger partial charge in [0, 0.05) is 21.8 Å². The van der Waals surface area contributed by atoms with E-state index in [9.17, 15) is 9.59 Å². The van der Waals surface area contributed by atoms with Gasteiger partial charge in [-0.15, -0.1) is 0 Å². The molecule has 0 bridgehead atoms. The van der Waals surface area contributed by atoms with Crippen LogP contribution in [0.15, 0.2) is 91.0 Å². The van der Waals surface area contributed by atoms with Crippen LogP contribution in [-0.4, -0.2) is 17.7 Å². The summed E-state index contributed by atoms with van der Waals surface area (Å²) in [5.74, 6) is -0.924. The predicted octanol–water partition coefficient (Wildman–Crippen LogP) is 6.21. The number of anilines is 1. The molecule has 0 saturated carbocycles. The molecule has 180 valence electrons. The van der Waals surface area contributed by atoms with Gasteiger partial charge in [-0.1, -0.05) is 59.6 Å². The van der Waals surface area contributed by atoms with Crippen molar-refractivity contribution >= 4 is 35.0 Å². The zero-order chi connectivity index (χ0) is 25.7. The SMILES string of the molecule is Cc1ccc(-c2cc(Cl)ccc2C(=O)OCc2ccccc2)c(C(=O)Nc2ccc(C(=N)N)cc2)c1. The molecule has 0 aliphatic heterocycles. The molecule has 7 heteroatoms. The lowest BCUT2D eigenvalue weighted by molar-refractivity contribution is 0.0473. The molecule has 1 amide bonds. The Bertz CT molecular complexity index is 1430. The summed E-state index contributed by atoms with van der Waals surface area (Å²) in [5, 5.41) is 10.8. The molecule has 0 aliphatic carbocycles. The average molecular weight is 498 g/mol. The van der Waals surface area contributed by atoms with Crippen molar-refractivity contribution in [3.63, 3.8) is 0 Å². The number of aryl methyl sites for hydroxylation is 1. The molecule has 6 nitrogen and oxygen atoms in total. The van der Waals surface area contributed by atoms with Gasteiger partial charge in [-0.3, -0.25) is 10.2 Å². The van der Waals surface area contributed by atoms with Gasteiger partial charge in [0.1, 0.15) is 12.4 Å². The maximum atomic E-state index is 13.3. The summed E-state index contributed by atoms with van der Waals surface area (Å²) >= 11 is 6.30. The third-order valence-electron chi connectivity index (χ3n) is 5.58. The normalized spacial score (nSPS) is 10.5. The quantitative estimate of drug-likeness (QED) is 0.160. The van der Waals surface area contributed by atoms with Gasteiger partial charge in [-0.25, -0.2) is 4.79 Å². The summed E-state index contributed by atoms with van der Waals surface area (Å²) in [6, 6.07) is 26.4. The third-order valence-corrected chi connectivity index (χ3v) is 5.81. The second kappa shape index (κ2) is 10.9. The monoisotopic (exact) mass is 497 g/mol. The first-order valence-corrected chi connectivity index (χ1v) is 11.6. The number of hydrogen-bond donors (Lipinski definition) is 3. The second-order valence-electron chi connectivity index (χ2n) is 8.25. The predicted molar refractivity (Wildman–Crippen MR) is 143 cm³/mol. The van der Waals surface area contributed by atoms with Gasteiger partial charge in [-0.2, -0.15) is 0 Å². The Morgan fingerprint density at radius 1 is 0.889 bits per heavy atom. The van der Waals surface area contributed by atoms with E-state index >= 15 is 0 Å². The molecule has 4 N–H and O–H groups in total. The summed E-state index contributed by atoms with van der Waals surface area (Å²) in [6.07, 6.45) is 0. The van der Waals surface area contributed by atoms with Crippen molar-refractivity contribution < 1.29 is 14.3 Å². The minimum atomic E-state index is -0.516. The van der Waals surface area contributed by atoms with Crippen molar-refractivity contribution in [1.82, 2.24) is 0 Å². The number of rotatable bonds is 7. The molecule has 0 aliphatic rings. The van der Waals surface area contributed by atoms with E-state index in [0.717, 1.165) is 11.1 Å². The lowest BCUT2D eigenvalue weighted by atomic mass is 9.93. The van der Waals surface area contributed by atoms with Gasteiger partial charge in [0.15, 0.2) is 0 Å². The van der Waals surface area contributed by atoms with Crippen LogP contribution in [0, 0.1) is 12.3 Å². The molecule has 36 heavy (non-hydrogen) atoms. The highest BCUT2D eigenvalue weighted by atomic mass is 35.5. The van der Waals surface area contributed by atoms with Crippen molar-refractivity contribution in [1.29, 1.82) is 5.41 Å². The summed E-state index contributed by atoms with van der Waals surface area (Å²) < 4.78 is 5.56. The Morgan fingerprint density at radius 2 is 1.61 bits per heavy atom. The highest BCUT2D eigenvalue weighted by molar-refractivity contribution is 6.31. The van der Waals surface area contributed by atoms with Crippen LogP contribution in [0.25, 0.3) is 11.1 Å². The zero-order valence-electron chi connectivity index (χ0n) is 19.5. The number of carbonyl (C=O) groups excluding carboxylic acids is 2. The molecule has 0 aromatic heterocycles. The Kier molecular flexibility index (Phi) is 7.47. The maximum absolute atomic E-state index is 13.3. The zero-order valence-corrected chi connectivity index (χ0v) is 20.3. The lowest BCUT2D eigenvalue weighted by Gasteiger charge is -2.15. The van der Waals surface area contributed by atoms with Crippen molar-refractivity contribution in [2.75, 3.05) is 5.32 Å². The molecular weight excluding hydrogens is 474 g/mol. The number of halogens is 1. The molecule has 0 spiro atoms. The Balaban J connectivity index is 1.66. The molecule has 0 atom stereocenters. The van der Waals surface area contributed by atoms with E-state index in [-0.39, 0.29) is 18.3 Å². The number of nitrogens with one attached hydrogen (secondary N) is 2. The number of amides is 1. The van der Waals surface area contributed by atoms with Crippen LogP contribution in [0.3, 0.4) is 0 Å². The van der Waals surface area contributed by atoms with Gasteiger partial charge >= 0.3 is 5.97 Å². The summed E-state index contributed by atoms with van der Waals surface area (Å²) in [5.41, 5.74) is 10.1. The van der Waals surface area contributed by atoms with E-state index in [1.165, 1.54) is 0 Å². The number of esters is 1. The third kappa shape index (κ3) is 5.79. The number of amidine groups is 1. The molecule has 0 saturated heterocycles. The number of benzene rings is 4. The smallest absolute Gasteiger partial charge is 0.339 e. The maximum Gasteiger partial charge on any atom is 0.339 e. The molecule has 0 fully saturated rings. The first-order chi connectivity index (χ1) is 17.3. The van der Waals surface area contributed by atoms with Gasteiger partial charge in [0.2, 0.25) is 0 Å². The van der Waals surface area contributed by atoms with Crippen LogP contribution in [0.1, 0.15) is 37.4 Å². The molecule has 4 aromatic rings. The molecule has 0 heterocycles. The van der Waals surface area contributed by atoms with Gasteiger partial charge in [-0.05, 0) is 72.1 Å². The topological polar surface area (TPSA) is 105 Å². The van der Waals surface area contributed by atoms with Crippen molar-refractivity contribution in [2.45, 2.75) is 13.5 Å². The number of nitrogens with two attached hydrogens (primary N) is 1. The van der Waals surface area contributed by atoms with Gasteiger partial charge < -0.3 is 15.8 Å². The van der Waals surface area contributed by atoms with E-state index in [1.807, 2.05) is 43.3 Å². The first-order valence-electron chi connectivity index (χ1n) is 11.2. The number of carbonyl (C=O) groups is 2. The highest BCUT2D eigenvalue weighted by Crippen LogP contribution is 2.32. The average Bonchev–Trinajstić information content (AvgIpc) is 2.88. The molecule has 4 rings (SSSR count). The van der Waals surface area contributed by atoms with Crippen LogP contribution in [0.5, 0.6) is 0 Å². The Hall–Kier alpha value is -4.42. The summed E-state index contributed by atoms with van der Waals surface area (Å²) in [6.45, 7) is 2.01. The Morgan fingerprint density at radius 3 is 2.31 bits per heavy atom. The van der Waals surface area contributed by atoms with Gasteiger partial charge in [0.25, 0.3) is 5.91 Å². The minimum Gasteiger partial charge on any atom is -0.457 e. The number of hydrogen-bond acceptors (Lipinski definition) is 4. The van der Waals surface area contributed by atoms with E-state index in [4.69, 9.17) is 27.5 Å². The van der Waals surface area contributed by atoms with E-state index < -0.39 is 5.97 Å². The minimum absolute atomic E-state index is 0.0542. The highest BCUT2D eigenvalue weighted by Gasteiger charge is 2.20. The number of ether oxygens (including phenoxy) is 1. The molecule has 4 aromatic carbocycles. The van der Waals surface area contributed by atoms with Gasteiger partial charge in [0.05, 0.1) is 5.56 Å². The van der Waals surface area contributed by atoms with Crippen LogP contribution < -0.4 is 11.1 Å². The Labute approximate surface area is 214 Å². The molecule has 0 unspecified atom stereocenters. The number of nitrogen functional groups attached to an aromatic ring is 1. The largest absolute Gasteiger partial charge is 0.457 e.